The number of pyridine rings is 1. The zero-order valence-electron chi connectivity index (χ0n) is 15.7. The van der Waals surface area contributed by atoms with Crippen molar-refractivity contribution in [2.24, 2.45) is 5.92 Å². The first-order valence-electron chi connectivity index (χ1n) is 10.2. The Morgan fingerprint density at radius 1 is 0.963 bits per heavy atom. The molecule has 3 aliphatic heterocycles. The number of hydrogen-bond acceptors (Lipinski definition) is 2. The smallest absolute Gasteiger partial charge is 0.213 e. The van der Waals surface area contributed by atoms with Gasteiger partial charge >= 0.3 is 0 Å². The number of nitrogens with zero attached hydrogens (tertiary/aromatic N) is 2. The molecule has 2 unspecified atom stereocenters. The van der Waals surface area contributed by atoms with Crippen LogP contribution in [-0.4, -0.2) is 29.1 Å². The summed E-state index contributed by atoms with van der Waals surface area (Å²) in [6.45, 7) is 3.13. The van der Waals surface area contributed by atoms with Crippen LogP contribution in [0.3, 0.4) is 0 Å². The fourth-order valence-electron chi connectivity index (χ4n) is 5.03. The van der Waals surface area contributed by atoms with Gasteiger partial charge in [0.2, 0.25) is 5.52 Å². The summed E-state index contributed by atoms with van der Waals surface area (Å²) in [5.41, 5.74) is 3.55. The molecule has 2 atom stereocenters. The first-order chi connectivity index (χ1) is 13.3. The van der Waals surface area contributed by atoms with E-state index in [2.05, 4.69) is 76.3 Å². The summed E-state index contributed by atoms with van der Waals surface area (Å²) in [6.07, 6.45) is 5.47. The quantitative estimate of drug-likeness (QED) is 0.720. The number of fused-ring (bicyclic) bond motifs is 4. The Bertz CT molecular complexity index is 932. The molecule has 138 valence electrons. The Morgan fingerprint density at radius 3 is 2.44 bits per heavy atom. The predicted octanol–water partition coefficient (Wildman–Crippen LogP) is 3.69. The van der Waals surface area contributed by atoms with Gasteiger partial charge < -0.3 is 5.11 Å². The number of piperidine rings is 3. The molecule has 1 aromatic heterocycles. The van der Waals surface area contributed by atoms with Crippen LogP contribution in [0.2, 0.25) is 0 Å². The highest BCUT2D eigenvalue weighted by molar-refractivity contribution is 5.79. The SMILES string of the molecule is OC(c1cc[n+](Cc2ccccc2)c2ccccc12)C1CC2CCN1CC2. The third-order valence-electron chi connectivity index (χ3n) is 6.53. The standard InChI is InChI=1S/C24H27N2O/c27-24(23-16-18-10-13-25(23)14-11-18)21-12-15-26(17-19-6-2-1-3-7-19)22-9-5-4-8-20(21)22/h1-9,12,15,18,23-24,27H,10-11,13-14,16-17H2/q+1. The average molecular weight is 359 g/mol. The van der Waals surface area contributed by atoms with Crippen LogP contribution in [-0.2, 0) is 6.54 Å². The van der Waals surface area contributed by atoms with Crippen LogP contribution in [0.15, 0.2) is 66.9 Å². The molecule has 0 aliphatic carbocycles. The summed E-state index contributed by atoms with van der Waals surface area (Å²) < 4.78 is 2.29. The lowest BCUT2D eigenvalue weighted by molar-refractivity contribution is -0.662. The highest BCUT2D eigenvalue weighted by atomic mass is 16.3. The minimum absolute atomic E-state index is 0.269. The number of aliphatic hydroxyl groups is 1. The highest BCUT2D eigenvalue weighted by Gasteiger charge is 2.38. The van der Waals surface area contributed by atoms with E-state index in [0.717, 1.165) is 37.5 Å². The van der Waals surface area contributed by atoms with Crippen molar-refractivity contribution >= 4 is 10.9 Å². The number of para-hydroxylation sites is 1. The molecular formula is C24H27N2O+. The Kier molecular flexibility index (Phi) is 4.42. The van der Waals surface area contributed by atoms with Gasteiger partial charge in [0.15, 0.2) is 12.7 Å². The lowest BCUT2D eigenvalue weighted by atomic mass is 9.79. The van der Waals surface area contributed by atoms with E-state index in [9.17, 15) is 5.11 Å². The van der Waals surface area contributed by atoms with Gasteiger partial charge in [-0.1, -0.05) is 42.5 Å². The predicted molar refractivity (Wildman–Crippen MR) is 107 cm³/mol. The maximum atomic E-state index is 11.3. The summed E-state index contributed by atoms with van der Waals surface area (Å²) in [5, 5.41) is 12.5. The third-order valence-corrected chi connectivity index (χ3v) is 6.53. The molecular weight excluding hydrogens is 332 g/mol. The Balaban J connectivity index is 1.51. The highest BCUT2D eigenvalue weighted by Crippen LogP contribution is 2.38. The Morgan fingerprint density at radius 2 is 1.70 bits per heavy atom. The van der Waals surface area contributed by atoms with E-state index in [0.29, 0.717) is 0 Å². The summed E-state index contributed by atoms with van der Waals surface area (Å²) in [6, 6.07) is 21.5. The van der Waals surface area contributed by atoms with E-state index in [1.54, 1.807) is 0 Å². The van der Waals surface area contributed by atoms with Gasteiger partial charge in [-0.25, -0.2) is 0 Å². The summed E-state index contributed by atoms with van der Waals surface area (Å²) in [5.74, 6) is 0.799. The molecule has 3 aliphatic rings. The van der Waals surface area contributed by atoms with Crippen molar-refractivity contribution in [1.82, 2.24) is 4.90 Å². The molecule has 6 rings (SSSR count). The third kappa shape index (κ3) is 3.15. The zero-order valence-corrected chi connectivity index (χ0v) is 15.7. The van der Waals surface area contributed by atoms with Crippen LogP contribution < -0.4 is 4.57 Å². The molecule has 27 heavy (non-hydrogen) atoms. The van der Waals surface area contributed by atoms with Crippen molar-refractivity contribution in [3.8, 4) is 0 Å². The molecule has 0 radical (unpaired) electrons. The number of aliphatic hydroxyl groups excluding tert-OH is 1. The average Bonchev–Trinajstić information content (AvgIpc) is 2.75. The number of rotatable bonds is 4. The lowest BCUT2D eigenvalue weighted by Crippen LogP contribution is -2.51. The van der Waals surface area contributed by atoms with Gasteiger partial charge in [0.1, 0.15) is 0 Å². The van der Waals surface area contributed by atoms with Gasteiger partial charge in [-0.3, -0.25) is 4.90 Å². The molecule has 0 spiro atoms. The zero-order chi connectivity index (χ0) is 18.2. The molecule has 2 bridgehead atoms. The first-order valence-corrected chi connectivity index (χ1v) is 10.2. The molecule has 3 fully saturated rings. The van der Waals surface area contributed by atoms with Crippen molar-refractivity contribution in [3.63, 3.8) is 0 Å². The van der Waals surface area contributed by atoms with Crippen LogP contribution >= 0.6 is 0 Å². The summed E-state index contributed by atoms with van der Waals surface area (Å²) in [4.78, 5) is 2.50. The normalized spacial score (nSPS) is 25.6. The maximum absolute atomic E-state index is 11.3. The molecule has 3 saturated heterocycles. The summed E-state index contributed by atoms with van der Waals surface area (Å²) >= 11 is 0. The van der Waals surface area contributed by atoms with Gasteiger partial charge in [0.25, 0.3) is 0 Å². The van der Waals surface area contributed by atoms with Crippen molar-refractivity contribution in [1.29, 1.82) is 0 Å². The largest absolute Gasteiger partial charge is 0.387 e. The minimum Gasteiger partial charge on any atom is -0.387 e. The molecule has 2 aromatic carbocycles. The van der Waals surface area contributed by atoms with Crippen molar-refractivity contribution in [3.05, 3.63) is 78.0 Å². The van der Waals surface area contributed by atoms with Crippen LogP contribution in [0.5, 0.6) is 0 Å². The molecule has 3 nitrogen and oxygen atoms in total. The second-order valence-electron chi connectivity index (χ2n) is 8.13. The lowest BCUT2D eigenvalue weighted by Gasteiger charge is -2.47. The van der Waals surface area contributed by atoms with E-state index in [1.807, 2.05) is 0 Å². The first kappa shape index (κ1) is 16.9. The number of aromatic nitrogens is 1. The van der Waals surface area contributed by atoms with Crippen molar-refractivity contribution < 1.29 is 9.67 Å². The van der Waals surface area contributed by atoms with Crippen molar-refractivity contribution in [2.75, 3.05) is 13.1 Å². The van der Waals surface area contributed by atoms with Crippen LogP contribution in [0.4, 0.5) is 0 Å². The number of hydrogen-bond donors (Lipinski definition) is 1. The van der Waals surface area contributed by atoms with Gasteiger partial charge in [0, 0.05) is 29.3 Å². The van der Waals surface area contributed by atoms with Gasteiger partial charge in [-0.2, -0.15) is 4.57 Å². The second kappa shape index (κ2) is 7.06. The van der Waals surface area contributed by atoms with Crippen LogP contribution in [0.25, 0.3) is 10.9 Å². The second-order valence-corrected chi connectivity index (χ2v) is 8.13. The molecule has 0 saturated carbocycles. The van der Waals surface area contributed by atoms with Gasteiger partial charge in [0.05, 0.1) is 11.5 Å². The fourth-order valence-corrected chi connectivity index (χ4v) is 5.03. The van der Waals surface area contributed by atoms with Crippen LogP contribution in [0, 0.1) is 5.92 Å². The fraction of sp³-hybridized carbons (Fsp3) is 0.375. The number of benzene rings is 2. The van der Waals surface area contributed by atoms with E-state index in [4.69, 9.17) is 0 Å². The van der Waals surface area contributed by atoms with Crippen molar-refractivity contribution in [2.45, 2.75) is 38.0 Å². The maximum Gasteiger partial charge on any atom is 0.213 e. The van der Waals surface area contributed by atoms with E-state index < -0.39 is 6.10 Å². The van der Waals surface area contributed by atoms with E-state index in [1.165, 1.54) is 29.3 Å². The Labute approximate surface area is 160 Å². The summed E-state index contributed by atoms with van der Waals surface area (Å²) in [7, 11) is 0. The van der Waals surface area contributed by atoms with E-state index >= 15 is 0 Å². The minimum atomic E-state index is -0.413. The topological polar surface area (TPSA) is 27.4 Å². The molecule has 0 amide bonds. The Hall–Kier alpha value is -2.23. The van der Waals surface area contributed by atoms with Crippen LogP contribution in [0.1, 0.15) is 36.5 Å². The molecule has 3 aromatic rings. The monoisotopic (exact) mass is 359 g/mol. The molecule has 1 N–H and O–H groups in total. The van der Waals surface area contributed by atoms with Gasteiger partial charge in [-0.15, -0.1) is 0 Å². The van der Waals surface area contributed by atoms with Gasteiger partial charge in [-0.05, 0) is 44.3 Å². The molecule has 3 heteroatoms. The molecule has 4 heterocycles. The van der Waals surface area contributed by atoms with E-state index in [-0.39, 0.29) is 6.04 Å².